The third-order valence-electron chi connectivity index (χ3n) is 4.69. The number of nitrogens with one attached hydrogen (secondary N) is 1. The van der Waals surface area contributed by atoms with Crippen molar-refractivity contribution in [2.45, 2.75) is 57.9 Å². The summed E-state index contributed by atoms with van der Waals surface area (Å²) in [6, 6.07) is 0.575. The van der Waals surface area contributed by atoms with E-state index in [2.05, 4.69) is 24.1 Å². The van der Waals surface area contributed by atoms with Crippen molar-refractivity contribution in [3.63, 3.8) is 0 Å². The van der Waals surface area contributed by atoms with Gasteiger partial charge < -0.3 is 0 Å². The molecule has 1 aliphatic heterocycles. The first-order valence-electron chi connectivity index (χ1n) is 7.33. The summed E-state index contributed by atoms with van der Waals surface area (Å²) in [4.78, 5) is 0. The predicted octanol–water partition coefficient (Wildman–Crippen LogP) is 3.18. The van der Waals surface area contributed by atoms with Gasteiger partial charge in [-0.1, -0.05) is 19.8 Å². The standard InChI is InChI=1S/C14H28N2S/c1-11-3-2-4-13(9-11)14(16-15)10-12-5-7-17-8-6-12/h11-14,16H,2-10,15H2,1H3. The summed E-state index contributed by atoms with van der Waals surface area (Å²) in [5, 5.41) is 0. The first-order valence-corrected chi connectivity index (χ1v) is 8.49. The molecule has 0 amide bonds. The smallest absolute Gasteiger partial charge is 0.0241 e. The van der Waals surface area contributed by atoms with Crippen molar-refractivity contribution in [2.24, 2.45) is 23.6 Å². The average molecular weight is 256 g/mol. The minimum atomic E-state index is 0.575. The van der Waals surface area contributed by atoms with Gasteiger partial charge in [0.1, 0.15) is 0 Å². The van der Waals surface area contributed by atoms with E-state index in [0.29, 0.717) is 6.04 Å². The molecule has 0 spiro atoms. The normalized spacial score (nSPS) is 33.5. The van der Waals surface area contributed by atoms with E-state index in [0.717, 1.165) is 17.8 Å². The van der Waals surface area contributed by atoms with Crippen LogP contribution in [0.25, 0.3) is 0 Å². The summed E-state index contributed by atoms with van der Waals surface area (Å²) < 4.78 is 0. The van der Waals surface area contributed by atoms with Crippen LogP contribution >= 0.6 is 11.8 Å². The molecule has 1 saturated carbocycles. The minimum Gasteiger partial charge on any atom is -0.271 e. The number of hydrogen-bond donors (Lipinski definition) is 2. The van der Waals surface area contributed by atoms with E-state index in [9.17, 15) is 0 Å². The van der Waals surface area contributed by atoms with E-state index in [1.165, 1.54) is 56.5 Å². The minimum absolute atomic E-state index is 0.575. The lowest BCUT2D eigenvalue weighted by molar-refractivity contribution is 0.196. The van der Waals surface area contributed by atoms with Gasteiger partial charge in [0.25, 0.3) is 0 Å². The Bertz CT molecular complexity index is 216. The molecule has 2 fully saturated rings. The summed E-state index contributed by atoms with van der Waals surface area (Å²) in [7, 11) is 0. The van der Waals surface area contributed by atoms with E-state index in [1.807, 2.05) is 0 Å². The molecular weight excluding hydrogens is 228 g/mol. The highest BCUT2D eigenvalue weighted by atomic mass is 32.2. The van der Waals surface area contributed by atoms with Gasteiger partial charge >= 0.3 is 0 Å². The fourth-order valence-corrected chi connectivity index (χ4v) is 4.79. The van der Waals surface area contributed by atoms with Crippen LogP contribution in [0.2, 0.25) is 0 Å². The van der Waals surface area contributed by atoms with Gasteiger partial charge in [-0.15, -0.1) is 0 Å². The highest BCUT2D eigenvalue weighted by Crippen LogP contribution is 2.34. The van der Waals surface area contributed by atoms with Crippen molar-refractivity contribution in [3.8, 4) is 0 Å². The Hall–Kier alpha value is 0.270. The second-order valence-corrected chi connectivity index (χ2v) is 7.32. The molecule has 2 nitrogen and oxygen atoms in total. The van der Waals surface area contributed by atoms with Crippen LogP contribution in [0.15, 0.2) is 0 Å². The molecule has 1 aliphatic carbocycles. The quantitative estimate of drug-likeness (QED) is 0.599. The SMILES string of the molecule is CC1CCCC(C(CC2CCSCC2)NN)C1. The number of hydrogen-bond acceptors (Lipinski definition) is 3. The van der Waals surface area contributed by atoms with Gasteiger partial charge in [0.2, 0.25) is 0 Å². The number of thioether (sulfide) groups is 1. The summed E-state index contributed by atoms with van der Waals surface area (Å²) in [6.07, 6.45) is 9.74. The van der Waals surface area contributed by atoms with Gasteiger partial charge in [-0.3, -0.25) is 11.3 Å². The van der Waals surface area contributed by atoms with Crippen LogP contribution in [-0.2, 0) is 0 Å². The summed E-state index contributed by atoms with van der Waals surface area (Å²) in [5.41, 5.74) is 3.13. The van der Waals surface area contributed by atoms with Gasteiger partial charge in [-0.05, 0) is 61.4 Å². The maximum absolute atomic E-state index is 5.81. The van der Waals surface area contributed by atoms with Gasteiger partial charge in [0.05, 0.1) is 0 Å². The summed E-state index contributed by atoms with van der Waals surface area (Å²) in [5.74, 6) is 11.2. The van der Waals surface area contributed by atoms with Gasteiger partial charge in [0, 0.05) is 6.04 Å². The van der Waals surface area contributed by atoms with E-state index < -0.39 is 0 Å². The van der Waals surface area contributed by atoms with E-state index >= 15 is 0 Å². The lowest BCUT2D eigenvalue weighted by Crippen LogP contribution is -2.44. The van der Waals surface area contributed by atoms with Crippen LogP contribution in [0.3, 0.4) is 0 Å². The molecule has 100 valence electrons. The van der Waals surface area contributed by atoms with Crippen molar-refractivity contribution in [1.82, 2.24) is 5.43 Å². The molecule has 0 aromatic carbocycles. The summed E-state index contributed by atoms with van der Waals surface area (Å²) >= 11 is 2.12. The first kappa shape index (κ1) is 13.7. The highest BCUT2D eigenvalue weighted by molar-refractivity contribution is 7.99. The third-order valence-corrected chi connectivity index (χ3v) is 5.74. The average Bonchev–Trinajstić information content (AvgIpc) is 2.37. The summed E-state index contributed by atoms with van der Waals surface area (Å²) in [6.45, 7) is 2.40. The van der Waals surface area contributed by atoms with Crippen LogP contribution < -0.4 is 11.3 Å². The van der Waals surface area contributed by atoms with Crippen molar-refractivity contribution in [1.29, 1.82) is 0 Å². The Morgan fingerprint density at radius 1 is 1.24 bits per heavy atom. The molecule has 0 radical (unpaired) electrons. The van der Waals surface area contributed by atoms with Crippen LogP contribution in [0, 0.1) is 17.8 Å². The third kappa shape index (κ3) is 4.15. The second-order valence-electron chi connectivity index (χ2n) is 6.10. The molecule has 3 unspecified atom stereocenters. The molecule has 0 aromatic heterocycles. The zero-order valence-corrected chi connectivity index (χ0v) is 12.0. The van der Waals surface area contributed by atoms with Crippen molar-refractivity contribution in [3.05, 3.63) is 0 Å². The molecule has 2 rings (SSSR count). The monoisotopic (exact) mass is 256 g/mol. The second kappa shape index (κ2) is 7.01. The highest BCUT2D eigenvalue weighted by Gasteiger charge is 2.28. The fraction of sp³-hybridized carbons (Fsp3) is 1.00. The molecule has 1 heterocycles. The van der Waals surface area contributed by atoms with Crippen molar-refractivity contribution < 1.29 is 0 Å². The molecule has 3 heteroatoms. The number of rotatable bonds is 4. The molecule has 2 aliphatic rings. The van der Waals surface area contributed by atoms with Crippen LogP contribution in [0.1, 0.15) is 51.9 Å². The molecule has 17 heavy (non-hydrogen) atoms. The van der Waals surface area contributed by atoms with E-state index in [4.69, 9.17) is 5.84 Å². The Morgan fingerprint density at radius 2 is 2.00 bits per heavy atom. The molecule has 0 aromatic rings. The lowest BCUT2D eigenvalue weighted by atomic mass is 9.76. The van der Waals surface area contributed by atoms with Gasteiger partial charge in [0.15, 0.2) is 0 Å². The number of hydrazine groups is 1. The molecule has 3 atom stereocenters. The first-order chi connectivity index (χ1) is 8.29. The van der Waals surface area contributed by atoms with E-state index in [-0.39, 0.29) is 0 Å². The zero-order chi connectivity index (χ0) is 12.1. The van der Waals surface area contributed by atoms with Crippen LogP contribution in [0.5, 0.6) is 0 Å². The molecule has 1 saturated heterocycles. The maximum Gasteiger partial charge on any atom is 0.0241 e. The van der Waals surface area contributed by atoms with Crippen LogP contribution in [0.4, 0.5) is 0 Å². The largest absolute Gasteiger partial charge is 0.271 e. The molecule has 0 bridgehead atoms. The fourth-order valence-electron chi connectivity index (χ4n) is 3.58. The van der Waals surface area contributed by atoms with E-state index in [1.54, 1.807) is 0 Å². The van der Waals surface area contributed by atoms with Crippen molar-refractivity contribution in [2.75, 3.05) is 11.5 Å². The van der Waals surface area contributed by atoms with Gasteiger partial charge in [-0.25, -0.2) is 0 Å². The Labute approximate surface area is 110 Å². The number of nitrogens with two attached hydrogens (primary N) is 1. The Balaban J connectivity index is 1.82. The lowest BCUT2D eigenvalue weighted by Gasteiger charge is -2.35. The maximum atomic E-state index is 5.81. The molecular formula is C14H28N2S. The van der Waals surface area contributed by atoms with Crippen LogP contribution in [-0.4, -0.2) is 17.5 Å². The Morgan fingerprint density at radius 3 is 2.65 bits per heavy atom. The van der Waals surface area contributed by atoms with Crippen molar-refractivity contribution >= 4 is 11.8 Å². The Kier molecular flexibility index (Phi) is 5.64. The zero-order valence-electron chi connectivity index (χ0n) is 11.2. The van der Waals surface area contributed by atoms with Gasteiger partial charge in [-0.2, -0.15) is 11.8 Å². The predicted molar refractivity (Wildman–Crippen MR) is 76.9 cm³/mol. The topological polar surface area (TPSA) is 38.0 Å². The molecule has 3 N–H and O–H groups in total.